The number of amides is 4. The van der Waals surface area contributed by atoms with Crippen molar-refractivity contribution in [3.8, 4) is 10.4 Å². The monoisotopic (exact) mass is 784 g/mol. The predicted molar refractivity (Wildman–Crippen MR) is 217 cm³/mol. The number of nitrogens with one attached hydrogen (secondary N) is 4. The number of nitrogens with zero attached hydrogens (tertiary/aromatic N) is 4. The van der Waals surface area contributed by atoms with Crippen molar-refractivity contribution >= 4 is 57.3 Å². The summed E-state index contributed by atoms with van der Waals surface area (Å²) in [5, 5.41) is 14.9. The first-order valence-electron chi connectivity index (χ1n) is 19.2. The molecule has 3 aromatic heterocycles. The first-order valence-corrected chi connectivity index (χ1v) is 21.0. The van der Waals surface area contributed by atoms with Gasteiger partial charge in [0, 0.05) is 49.7 Å². The molecule has 4 heterocycles. The van der Waals surface area contributed by atoms with Gasteiger partial charge in [0.2, 0.25) is 23.6 Å². The Kier molecular flexibility index (Phi) is 13.0. The molecule has 4 N–H and O–H groups in total. The number of likely N-dealkylation sites (tertiary alicyclic amines) is 1. The molecule has 6 rings (SSSR count). The molecule has 55 heavy (non-hydrogen) atoms. The molecule has 2 fully saturated rings. The fraction of sp³-hybridized carbons (Fsp3) is 0.488. The van der Waals surface area contributed by atoms with Crippen LogP contribution in [0.2, 0.25) is 0 Å². The first kappa shape index (κ1) is 40.0. The highest BCUT2D eigenvalue weighted by Gasteiger charge is 2.42. The summed E-state index contributed by atoms with van der Waals surface area (Å²) in [4.78, 5) is 70.8. The van der Waals surface area contributed by atoms with E-state index in [1.54, 1.807) is 22.4 Å². The Hall–Kier alpha value is -4.69. The van der Waals surface area contributed by atoms with Gasteiger partial charge >= 0.3 is 0 Å². The molecule has 2 atom stereocenters. The number of anilines is 2. The maximum Gasteiger partial charge on any atom is 0.246 e. The lowest BCUT2D eigenvalue weighted by Gasteiger charge is -2.36. The summed E-state index contributed by atoms with van der Waals surface area (Å²) < 4.78 is 0. The van der Waals surface area contributed by atoms with Crippen molar-refractivity contribution in [3.05, 3.63) is 76.5 Å². The lowest BCUT2D eigenvalue weighted by Crippen LogP contribution is -2.57. The molecular formula is C41H52N8O4S2. The van der Waals surface area contributed by atoms with Gasteiger partial charge < -0.3 is 26.2 Å². The summed E-state index contributed by atoms with van der Waals surface area (Å²) in [6.45, 7) is 8.64. The molecule has 1 unspecified atom stereocenters. The van der Waals surface area contributed by atoms with Crippen LogP contribution in [0.25, 0.3) is 10.4 Å². The number of aromatic nitrogens is 3. The van der Waals surface area contributed by atoms with Crippen LogP contribution in [0.1, 0.15) is 89.1 Å². The Balaban J connectivity index is 1.02. The highest BCUT2D eigenvalue weighted by molar-refractivity contribution is 7.13. The number of pyridine rings is 1. The molecule has 1 aliphatic heterocycles. The van der Waals surface area contributed by atoms with Crippen molar-refractivity contribution in [2.75, 3.05) is 18.4 Å². The molecule has 1 saturated heterocycles. The van der Waals surface area contributed by atoms with E-state index < -0.39 is 22.9 Å². The van der Waals surface area contributed by atoms with Crippen LogP contribution in [0.3, 0.4) is 0 Å². The SMILES string of the molecule is Cc1ncsc1-c1ccc(CNC(=O)[C@@H]2CCCN2C(=O)C(NC(=O)CCNC(=O)C2(Cc3cccc(Nc4nccs4)n3)CCCCC2)C(C)(C)C)cc1. The number of carbonyl (C=O) groups is 4. The van der Waals surface area contributed by atoms with Gasteiger partial charge in [0.15, 0.2) is 5.13 Å². The second kappa shape index (κ2) is 17.8. The molecule has 1 saturated carbocycles. The number of rotatable bonds is 14. The minimum atomic E-state index is -0.840. The molecule has 14 heteroatoms. The zero-order valence-corrected chi connectivity index (χ0v) is 33.8. The molecule has 12 nitrogen and oxygen atoms in total. The van der Waals surface area contributed by atoms with Crippen LogP contribution in [0.4, 0.5) is 10.9 Å². The van der Waals surface area contributed by atoms with E-state index in [1.165, 1.54) is 11.3 Å². The summed E-state index contributed by atoms with van der Waals surface area (Å²) >= 11 is 3.09. The largest absolute Gasteiger partial charge is 0.355 e. The van der Waals surface area contributed by atoms with Gasteiger partial charge in [-0.1, -0.05) is 70.4 Å². The molecule has 0 radical (unpaired) electrons. The number of hydrogen-bond acceptors (Lipinski definition) is 10. The predicted octanol–water partition coefficient (Wildman–Crippen LogP) is 6.55. The van der Waals surface area contributed by atoms with Gasteiger partial charge in [-0.15, -0.1) is 22.7 Å². The average Bonchev–Trinajstić information content (AvgIpc) is 3.96. The molecule has 0 bridgehead atoms. The maximum absolute atomic E-state index is 14.1. The number of carbonyl (C=O) groups excluding carboxylic acids is 4. The average molecular weight is 785 g/mol. The first-order chi connectivity index (χ1) is 26.4. The second-order valence-corrected chi connectivity index (χ2v) is 17.5. The number of thiazole rings is 2. The van der Waals surface area contributed by atoms with E-state index in [0.29, 0.717) is 38.2 Å². The Morgan fingerprint density at radius 3 is 2.44 bits per heavy atom. The Bertz CT molecular complexity index is 1930. The summed E-state index contributed by atoms with van der Waals surface area (Å²) in [7, 11) is 0. The Labute approximate surface area is 331 Å². The van der Waals surface area contributed by atoms with Crippen LogP contribution in [0.5, 0.6) is 0 Å². The van der Waals surface area contributed by atoms with Crippen molar-refractivity contribution in [1.82, 2.24) is 35.8 Å². The van der Waals surface area contributed by atoms with Crippen LogP contribution in [-0.4, -0.2) is 68.7 Å². The summed E-state index contributed by atoms with van der Waals surface area (Å²) in [6.07, 6.45) is 8.02. The zero-order chi connectivity index (χ0) is 39.0. The molecule has 2 aliphatic rings. The third-order valence-electron chi connectivity index (χ3n) is 10.6. The number of hydrogen-bond donors (Lipinski definition) is 4. The van der Waals surface area contributed by atoms with Gasteiger partial charge in [-0.2, -0.15) is 0 Å². The molecule has 1 aliphatic carbocycles. The zero-order valence-electron chi connectivity index (χ0n) is 32.2. The second-order valence-electron chi connectivity index (χ2n) is 15.7. The standard InChI is InChI=1S/C41H52N8O4S2/c1-27-34(55-26-45-27)29-15-13-28(14-16-29)25-44-36(51)31-11-9-22-49(31)37(52)35(40(2,3)4)48-33(50)17-20-42-38(53)41(18-6-5-7-19-41)24-30-10-8-12-32(46-30)47-39-43-21-23-54-39/h8,10,12-16,21,23,26,31,35H,5-7,9,11,17-20,22,24-25H2,1-4H3,(H,42,53)(H,44,51)(H,48,50)(H,43,46,47)/t31-,35?/m0/s1. The topological polar surface area (TPSA) is 158 Å². The number of aryl methyl sites for hydroxylation is 1. The van der Waals surface area contributed by atoms with E-state index in [0.717, 1.165) is 64.6 Å². The summed E-state index contributed by atoms with van der Waals surface area (Å²) in [6, 6.07) is 12.4. The lowest BCUT2D eigenvalue weighted by molar-refractivity contribution is -0.144. The van der Waals surface area contributed by atoms with Crippen LogP contribution in [0, 0.1) is 17.8 Å². The van der Waals surface area contributed by atoms with Crippen molar-refractivity contribution in [2.24, 2.45) is 10.8 Å². The van der Waals surface area contributed by atoms with E-state index in [-0.39, 0.29) is 36.6 Å². The highest BCUT2D eigenvalue weighted by Crippen LogP contribution is 2.39. The van der Waals surface area contributed by atoms with Gasteiger partial charge in [-0.05, 0) is 61.3 Å². The van der Waals surface area contributed by atoms with Crippen LogP contribution in [-0.2, 0) is 32.1 Å². The van der Waals surface area contributed by atoms with E-state index >= 15 is 0 Å². The normalized spacial score (nSPS) is 17.3. The molecule has 0 spiro atoms. The van der Waals surface area contributed by atoms with Gasteiger partial charge in [0.1, 0.15) is 17.9 Å². The Morgan fingerprint density at radius 1 is 0.964 bits per heavy atom. The van der Waals surface area contributed by atoms with Crippen LogP contribution >= 0.6 is 22.7 Å². The van der Waals surface area contributed by atoms with E-state index in [9.17, 15) is 19.2 Å². The molecule has 1 aromatic carbocycles. The minimum absolute atomic E-state index is 0.0262. The fourth-order valence-electron chi connectivity index (χ4n) is 7.59. The van der Waals surface area contributed by atoms with Gasteiger partial charge in [-0.25, -0.2) is 15.0 Å². The fourth-order valence-corrected chi connectivity index (χ4v) is 8.94. The smallest absolute Gasteiger partial charge is 0.246 e. The maximum atomic E-state index is 14.1. The van der Waals surface area contributed by atoms with Crippen LogP contribution < -0.4 is 21.3 Å². The summed E-state index contributed by atoms with van der Waals surface area (Å²) in [5.74, 6) is -0.189. The quantitative estimate of drug-likeness (QED) is 0.112. The molecule has 4 aromatic rings. The third-order valence-corrected chi connectivity index (χ3v) is 12.3. The van der Waals surface area contributed by atoms with Crippen molar-refractivity contribution in [1.29, 1.82) is 0 Å². The van der Waals surface area contributed by atoms with Crippen molar-refractivity contribution in [2.45, 2.75) is 104 Å². The minimum Gasteiger partial charge on any atom is -0.355 e. The molecule has 292 valence electrons. The van der Waals surface area contributed by atoms with Gasteiger partial charge in [-0.3, -0.25) is 19.2 Å². The van der Waals surface area contributed by atoms with Gasteiger partial charge in [0.05, 0.1) is 21.5 Å². The van der Waals surface area contributed by atoms with Crippen molar-refractivity contribution in [3.63, 3.8) is 0 Å². The lowest BCUT2D eigenvalue weighted by atomic mass is 9.70. The summed E-state index contributed by atoms with van der Waals surface area (Å²) in [5.41, 5.74) is 4.48. The Morgan fingerprint density at radius 2 is 1.75 bits per heavy atom. The van der Waals surface area contributed by atoms with E-state index in [2.05, 4.69) is 31.2 Å². The molecular weight excluding hydrogens is 733 g/mol. The van der Waals surface area contributed by atoms with Gasteiger partial charge in [0.25, 0.3) is 0 Å². The third kappa shape index (κ3) is 10.1. The molecule has 4 amide bonds. The number of benzene rings is 1. The van der Waals surface area contributed by atoms with Crippen LogP contribution in [0.15, 0.2) is 59.6 Å². The van der Waals surface area contributed by atoms with E-state index in [4.69, 9.17) is 4.98 Å². The van der Waals surface area contributed by atoms with Crippen molar-refractivity contribution < 1.29 is 19.2 Å². The van der Waals surface area contributed by atoms with E-state index in [1.807, 2.05) is 81.1 Å². The highest BCUT2D eigenvalue weighted by atomic mass is 32.1.